The Bertz CT molecular complexity index is 1260. The van der Waals surface area contributed by atoms with Crippen LogP contribution in [0.2, 0.25) is 0 Å². The predicted molar refractivity (Wildman–Crippen MR) is 148 cm³/mol. The van der Waals surface area contributed by atoms with Crippen LogP contribution in [0.5, 0.6) is 0 Å². The highest BCUT2D eigenvalue weighted by molar-refractivity contribution is 8.03. The van der Waals surface area contributed by atoms with Crippen molar-refractivity contribution >= 4 is 40.2 Å². The Hall–Kier alpha value is -2.70. The van der Waals surface area contributed by atoms with Crippen molar-refractivity contribution in [3.63, 3.8) is 0 Å². The van der Waals surface area contributed by atoms with Crippen LogP contribution in [-0.4, -0.2) is 59.3 Å². The molecule has 2 aromatic carbocycles. The van der Waals surface area contributed by atoms with E-state index in [0.29, 0.717) is 0 Å². The van der Waals surface area contributed by atoms with E-state index >= 15 is 0 Å². The molecule has 0 radical (unpaired) electrons. The summed E-state index contributed by atoms with van der Waals surface area (Å²) in [5, 5.41) is 2.36. The summed E-state index contributed by atoms with van der Waals surface area (Å²) >= 11 is 1.82. The van der Waals surface area contributed by atoms with Crippen LogP contribution < -0.4 is 19.9 Å². The van der Waals surface area contributed by atoms with E-state index in [4.69, 9.17) is 4.42 Å². The smallest absolute Gasteiger partial charge is 0.368 e. The second kappa shape index (κ2) is 10.7. The number of rotatable bonds is 8. The third kappa shape index (κ3) is 5.18. The number of fused-ring (bicyclic) bond motifs is 2. The van der Waals surface area contributed by atoms with Crippen molar-refractivity contribution in [3.8, 4) is 0 Å². The standard InChI is InChI=1S/C28H37N4OS/c1-7-32(8-2)22-14-15-23-21(19-28-31(6)24-12-9-10-13-26(24)34-28)18-27(33-25(23)20-22)30(5)17-11-16-29(3)4/h9-10,12-15,18-20H,7-8,11,16-17H2,1-6H3/q+1. The van der Waals surface area contributed by atoms with Gasteiger partial charge >= 0.3 is 5.55 Å². The minimum absolute atomic E-state index is 0.901. The first-order valence-corrected chi connectivity index (χ1v) is 13.0. The van der Waals surface area contributed by atoms with Crippen molar-refractivity contribution in [1.82, 2.24) is 9.48 Å². The molecule has 6 heteroatoms. The summed E-state index contributed by atoms with van der Waals surface area (Å²) in [6, 6.07) is 17.4. The van der Waals surface area contributed by atoms with Gasteiger partial charge in [0.1, 0.15) is 19.2 Å². The lowest BCUT2D eigenvalue weighted by molar-refractivity contribution is 0.382. The van der Waals surface area contributed by atoms with Gasteiger partial charge in [-0.3, -0.25) is 0 Å². The minimum atomic E-state index is 0.901. The summed E-state index contributed by atoms with van der Waals surface area (Å²) in [7, 11) is 8.51. The van der Waals surface area contributed by atoms with Crippen LogP contribution in [-0.2, 0) is 0 Å². The van der Waals surface area contributed by atoms with E-state index in [2.05, 4.69) is 116 Å². The Morgan fingerprint density at radius 2 is 1.82 bits per heavy atom. The molecule has 4 rings (SSSR count). The van der Waals surface area contributed by atoms with Crippen molar-refractivity contribution in [3.05, 3.63) is 64.7 Å². The van der Waals surface area contributed by atoms with Crippen LogP contribution >= 0.6 is 11.8 Å². The van der Waals surface area contributed by atoms with E-state index in [-0.39, 0.29) is 0 Å². The van der Waals surface area contributed by atoms with Crippen LogP contribution in [0.1, 0.15) is 25.8 Å². The maximum absolute atomic E-state index is 6.49. The van der Waals surface area contributed by atoms with Crippen molar-refractivity contribution in [2.75, 3.05) is 64.2 Å². The summed E-state index contributed by atoms with van der Waals surface area (Å²) in [5.74, 6) is 0. The van der Waals surface area contributed by atoms with E-state index in [0.717, 1.165) is 49.1 Å². The van der Waals surface area contributed by atoms with E-state index in [9.17, 15) is 0 Å². The van der Waals surface area contributed by atoms with Crippen LogP contribution in [0.3, 0.4) is 0 Å². The number of nitrogens with zero attached hydrogens (tertiary/aromatic N) is 4. The molecule has 1 aliphatic rings. The Kier molecular flexibility index (Phi) is 7.69. The Balaban J connectivity index is 1.82. The molecule has 180 valence electrons. The molecule has 3 aromatic rings. The fraction of sp³-hybridized carbons (Fsp3) is 0.393. The van der Waals surface area contributed by atoms with E-state index in [1.54, 1.807) is 0 Å². The number of thioether (sulfide) groups is 1. The minimum Gasteiger partial charge on any atom is -0.405 e. The molecular formula is C28H37N4OS+. The van der Waals surface area contributed by atoms with Crippen molar-refractivity contribution in [1.29, 1.82) is 0 Å². The lowest BCUT2D eigenvalue weighted by atomic mass is 10.1. The van der Waals surface area contributed by atoms with E-state index in [1.807, 2.05) is 11.8 Å². The van der Waals surface area contributed by atoms with Gasteiger partial charge in [0, 0.05) is 55.1 Å². The molecule has 1 aromatic heterocycles. The number of benzene rings is 2. The SMILES string of the molecule is CCN(CC)c1ccc2c(C=C3Sc4ccccc4N3C)cc(=[N+](C)CCCN(C)C)oc2c1. The molecule has 2 heterocycles. The van der Waals surface area contributed by atoms with Gasteiger partial charge in [-0.25, -0.2) is 4.58 Å². The van der Waals surface area contributed by atoms with Gasteiger partial charge in [0.25, 0.3) is 0 Å². The zero-order chi connectivity index (χ0) is 24.2. The van der Waals surface area contributed by atoms with Gasteiger partial charge in [0.05, 0.1) is 16.8 Å². The highest BCUT2D eigenvalue weighted by Crippen LogP contribution is 2.45. The number of para-hydroxylation sites is 1. The Morgan fingerprint density at radius 1 is 1.06 bits per heavy atom. The highest BCUT2D eigenvalue weighted by atomic mass is 32.2. The first-order chi connectivity index (χ1) is 16.4. The van der Waals surface area contributed by atoms with Crippen LogP contribution in [0.15, 0.2) is 62.9 Å². The highest BCUT2D eigenvalue weighted by Gasteiger charge is 2.22. The molecule has 0 saturated heterocycles. The number of hydrogen-bond acceptors (Lipinski definition) is 5. The monoisotopic (exact) mass is 477 g/mol. The van der Waals surface area contributed by atoms with Crippen LogP contribution in [0.4, 0.5) is 11.4 Å². The summed E-state index contributed by atoms with van der Waals surface area (Å²) in [6.45, 7) is 8.34. The van der Waals surface area contributed by atoms with Crippen molar-refractivity contribution in [2.24, 2.45) is 0 Å². The Morgan fingerprint density at radius 3 is 2.53 bits per heavy atom. The number of anilines is 2. The second-order valence-corrected chi connectivity index (χ2v) is 10.1. The van der Waals surface area contributed by atoms with Crippen LogP contribution in [0, 0.1) is 0 Å². The molecule has 0 N–H and O–H groups in total. The molecule has 0 spiro atoms. The molecule has 0 fully saturated rings. The molecule has 1 aliphatic heterocycles. The maximum atomic E-state index is 6.49. The van der Waals surface area contributed by atoms with Gasteiger partial charge in [-0.2, -0.15) is 0 Å². The van der Waals surface area contributed by atoms with Gasteiger partial charge in [0.2, 0.25) is 0 Å². The fourth-order valence-electron chi connectivity index (χ4n) is 4.39. The summed E-state index contributed by atoms with van der Waals surface area (Å²) < 4.78 is 8.72. The molecule has 0 unspecified atom stereocenters. The maximum Gasteiger partial charge on any atom is 0.368 e. The van der Waals surface area contributed by atoms with Gasteiger partial charge in [-0.1, -0.05) is 23.9 Å². The second-order valence-electron chi connectivity index (χ2n) is 9.08. The fourth-order valence-corrected chi connectivity index (χ4v) is 5.50. The first-order valence-electron chi connectivity index (χ1n) is 12.1. The van der Waals surface area contributed by atoms with Gasteiger partial charge < -0.3 is 19.1 Å². The third-order valence-electron chi connectivity index (χ3n) is 6.42. The largest absolute Gasteiger partial charge is 0.405 e. The molecule has 0 aliphatic carbocycles. The average molecular weight is 478 g/mol. The van der Waals surface area contributed by atoms with E-state index in [1.165, 1.54) is 26.9 Å². The van der Waals surface area contributed by atoms with Crippen LogP contribution in [0.25, 0.3) is 17.0 Å². The summed E-state index contributed by atoms with van der Waals surface area (Å²) in [6.07, 6.45) is 3.39. The zero-order valence-electron chi connectivity index (χ0n) is 21.3. The third-order valence-corrected chi connectivity index (χ3v) is 7.59. The topological polar surface area (TPSA) is 25.9 Å². The molecule has 0 amide bonds. The quantitative estimate of drug-likeness (QED) is 0.417. The molecule has 0 atom stereocenters. The summed E-state index contributed by atoms with van der Waals surface area (Å²) in [4.78, 5) is 8.16. The lowest BCUT2D eigenvalue weighted by Crippen LogP contribution is -2.29. The predicted octanol–water partition coefficient (Wildman–Crippen LogP) is 5.17. The normalized spacial score (nSPS) is 15.4. The Labute approximate surface area is 208 Å². The van der Waals surface area contributed by atoms with Crippen molar-refractivity contribution in [2.45, 2.75) is 25.2 Å². The van der Waals surface area contributed by atoms with Gasteiger partial charge in [0.15, 0.2) is 0 Å². The zero-order valence-corrected chi connectivity index (χ0v) is 22.2. The molecule has 5 nitrogen and oxygen atoms in total. The van der Waals surface area contributed by atoms with Crippen molar-refractivity contribution < 1.29 is 4.42 Å². The molecule has 0 bridgehead atoms. The molecular weight excluding hydrogens is 440 g/mol. The molecule has 0 saturated carbocycles. The summed E-state index contributed by atoms with van der Waals surface area (Å²) in [5.41, 5.74) is 5.47. The van der Waals surface area contributed by atoms with Gasteiger partial charge in [-0.05, 0) is 63.8 Å². The van der Waals surface area contributed by atoms with E-state index < -0.39 is 0 Å². The number of hydrogen-bond donors (Lipinski definition) is 0. The molecule has 34 heavy (non-hydrogen) atoms. The lowest BCUT2D eigenvalue weighted by Gasteiger charge is -2.21. The average Bonchev–Trinajstić information content (AvgIpc) is 3.14. The first kappa shape index (κ1) is 24.4. The van der Waals surface area contributed by atoms with Gasteiger partial charge in [-0.15, -0.1) is 0 Å².